The summed E-state index contributed by atoms with van der Waals surface area (Å²) in [6.07, 6.45) is 0.846. The van der Waals surface area contributed by atoms with E-state index in [0.29, 0.717) is 12.1 Å². The molecule has 0 aromatic heterocycles. The van der Waals surface area contributed by atoms with Crippen LogP contribution in [0, 0.1) is 0 Å². The fourth-order valence-corrected chi connectivity index (χ4v) is 3.14. The first-order valence-corrected chi connectivity index (χ1v) is 8.82. The number of halogens is 3. The van der Waals surface area contributed by atoms with Crippen molar-refractivity contribution in [2.24, 2.45) is 0 Å². The third-order valence-electron chi connectivity index (χ3n) is 4.44. The van der Waals surface area contributed by atoms with Gasteiger partial charge in [0.25, 0.3) is 5.91 Å². The summed E-state index contributed by atoms with van der Waals surface area (Å²) in [4.78, 5) is 24.5. The average molecular weight is 372 g/mol. The van der Waals surface area contributed by atoms with Crippen LogP contribution in [-0.2, 0) is 17.5 Å². The van der Waals surface area contributed by atoms with Gasteiger partial charge in [0, 0.05) is 11.6 Å². The highest BCUT2D eigenvalue weighted by molar-refractivity contribution is 5.94. The van der Waals surface area contributed by atoms with Crippen LogP contribution in [0.1, 0.15) is 43.2 Å². The fraction of sp³-hybridized carbons (Fsp3) is 0.556. The monoisotopic (exact) mass is 372 g/mol. The molecular formula is C18H25F3N3O2+. The molecule has 0 heterocycles. The first-order valence-electron chi connectivity index (χ1n) is 8.82. The van der Waals surface area contributed by atoms with Gasteiger partial charge < -0.3 is 10.2 Å². The van der Waals surface area contributed by atoms with E-state index >= 15 is 0 Å². The van der Waals surface area contributed by atoms with Gasteiger partial charge in [-0.15, -0.1) is 0 Å². The number of nitrogens with one attached hydrogen (secondary N) is 3. The molecule has 1 unspecified atom stereocenters. The van der Waals surface area contributed by atoms with Crippen molar-refractivity contribution in [3.63, 3.8) is 0 Å². The molecule has 1 aromatic rings. The van der Waals surface area contributed by atoms with Gasteiger partial charge in [0.05, 0.1) is 12.6 Å². The van der Waals surface area contributed by atoms with Gasteiger partial charge in [-0.1, -0.05) is 31.4 Å². The van der Waals surface area contributed by atoms with Gasteiger partial charge in [-0.2, -0.15) is 13.2 Å². The summed E-state index contributed by atoms with van der Waals surface area (Å²) in [6, 6.07) is 4.50. The Morgan fingerprint density at radius 2 is 1.73 bits per heavy atom. The van der Waals surface area contributed by atoms with Crippen LogP contribution in [0.15, 0.2) is 24.3 Å². The topological polar surface area (TPSA) is 62.6 Å². The lowest BCUT2D eigenvalue weighted by Gasteiger charge is -2.22. The number of hydrogen-bond donors (Lipinski definition) is 3. The largest absolute Gasteiger partial charge is 0.416 e. The van der Waals surface area contributed by atoms with Crippen LogP contribution in [0.2, 0.25) is 0 Å². The number of carbonyl (C=O) groups excluding carboxylic acids is 2. The molecule has 1 aliphatic rings. The zero-order chi connectivity index (χ0) is 19.2. The Hall–Kier alpha value is -2.09. The van der Waals surface area contributed by atoms with E-state index in [2.05, 4.69) is 10.6 Å². The van der Waals surface area contributed by atoms with Gasteiger partial charge in [-0.05, 0) is 25.0 Å². The van der Waals surface area contributed by atoms with Gasteiger partial charge >= 0.3 is 12.2 Å². The molecule has 1 fully saturated rings. The summed E-state index contributed by atoms with van der Waals surface area (Å²) in [5.74, 6) is -0.414. The Morgan fingerprint density at radius 3 is 2.31 bits per heavy atom. The Labute approximate surface area is 150 Å². The third-order valence-corrected chi connectivity index (χ3v) is 4.44. The second kappa shape index (κ2) is 9.02. The summed E-state index contributed by atoms with van der Waals surface area (Å²) in [5.41, 5.74) is -0.00835. The molecule has 1 aromatic carbocycles. The second-order valence-electron chi connectivity index (χ2n) is 6.86. The Morgan fingerprint density at radius 1 is 1.12 bits per heavy atom. The SMILES string of the molecule is C[NH+](CC(=O)NC(=O)NC1CCCCC1)Cc1ccc(C(F)(F)F)cc1. The van der Waals surface area contributed by atoms with Gasteiger partial charge in [0.2, 0.25) is 0 Å². The first kappa shape index (κ1) is 20.2. The standard InChI is InChI=1S/C18H24F3N3O2/c1-24(11-13-7-9-14(10-8-13)18(19,20)21)12-16(25)23-17(26)22-15-5-3-2-4-6-15/h7-10,15H,2-6,11-12H2,1H3,(H2,22,23,25,26)/p+1. The molecule has 0 bridgehead atoms. The number of hydrogen-bond acceptors (Lipinski definition) is 2. The van der Waals surface area contributed by atoms with Crippen LogP contribution < -0.4 is 15.5 Å². The highest BCUT2D eigenvalue weighted by Crippen LogP contribution is 2.28. The minimum atomic E-state index is -4.36. The number of carbonyl (C=O) groups is 2. The molecular weight excluding hydrogens is 347 g/mol. The van der Waals surface area contributed by atoms with E-state index in [4.69, 9.17) is 0 Å². The molecule has 0 spiro atoms. The molecule has 1 saturated carbocycles. The van der Waals surface area contributed by atoms with Crippen LogP contribution in [0.3, 0.4) is 0 Å². The molecule has 3 N–H and O–H groups in total. The van der Waals surface area contributed by atoms with E-state index in [0.717, 1.165) is 42.7 Å². The van der Waals surface area contributed by atoms with Crippen molar-refractivity contribution < 1.29 is 27.7 Å². The van der Waals surface area contributed by atoms with E-state index in [9.17, 15) is 22.8 Å². The Balaban J connectivity index is 1.75. The first-order chi connectivity index (χ1) is 12.2. The van der Waals surface area contributed by atoms with Gasteiger partial charge in [0.1, 0.15) is 6.54 Å². The van der Waals surface area contributed by atoms with E-state index in [1.54, 1.807) is 7.05 Å². The van der Waals surface area contributed by atoms with Crippen LogP contribution in [0.5, 0.6) is 0 Å². The van der Waals surface area contributed by atoms with Gasteiger partial charge in [-0.25, -0.2) is 4.79 Å². The average Bonchev–Trinajstić information content (AvgIpc) is 2.54. The Bertz CT molecular complexity index is 611. The highest BCUT2D eigenvalue weighted by Gasteiger charge is 2.30. The molecule has 3 amide bonds. The fourth-order valence-electron chi connectivity index (χ4n) is 3.14. The van der Waals surface area contributed by atoms with Crippen molar-refractivity contribution in [2.75, 3.05) is 13.6 Å². The normalized spacial score (nSPS) is 16.8. The maximum Gasteiger partial charge on any atom is 0.416 e. The summed E-state index contributed by atoms with van der Waals surface area (Å²) in [7, 11) is 1.75. The van der Waals surface area contributed by atoms with Gasteiger partial charge in [-0.3, -0.25) is 10.1 Å². The van der Waals surface area contributed by atoms with E-state index in [-0.39, 0.29) is 12.6 Å². The summed E-state index contributed by atoms with van der Waals surface area (Å²) >= 11 is 0. The van der Waals surface area contributed by atoms with Crippen molar-refractivity contribution in [1.29, 1.82) is 0 Å². The summed E-state index contributed by atoms with van der Waals surface area (Å²) in [5, 5.41) is 5.12. The highest BCUT2D eigenvalue weighted by atomic mass is 19.4. The molecule has 1 aliphatic carbocycles. The van der Waals surface area contributed by atoms with Crippen molar-refractivity contribution in [2.45, 2.75) is 50.9 Å². The summed E-state index contributed by atoms with van der Waals surface area (Å²) < 4.78 is 37.6. The number of amides is 3. The van der Waals surface area contributed by atoms with E-state index in [1.165, 1.54) is 18.6 Å². The van der Waals surface area contributed by atoms with Crippen LogP contribution >= 0.6 is 0 Å². The zero-order valence-electron chi connectivity index (χ0n) is 14.8. The number of benzene rings is 1. The predicted octanol–water partition coefficient (Wildman–Crippen LogP) is 1.88. The maximum absolute atomic E-state index is 12.5. The molecule has 0 saturated heterocycles. The second-order valence-corrected chi connectivity index (χ2v) is 6.86. The van der Waals surface area contributed by atoms with Crippen molar-refractivity contribution in [3.8, 4) is 0 Å². The van der Waals surface area contributed by atoms with Crippen molar-refractivity contribution in [3.05, 3.63) is 35.4 Å². The molecule has 1 atom stereocenters. The van der Waals surface area contributed by atoms with E-state index < -0.39 is 23.7 Å². The smallest absolute Gasteiger partial charge is 0.335 e. The minimum Gasteiger partial charge on any atom is -0.335 e. The zero-order valence-corrected chi connectivity index (χ0v) is 14.8. The molecule has 8 heteroatoms. The number of quaternary nitrogens is 1. The predicted molar refractivity (Wildman–Crippen MR) is 90.4 cm³/mol. The lowest BCUT2D eigenvalue weighted by molar-refractivity contribution is -0.885. The lowest BCUT2D eigenvalue weighted by Crippen LogP contribution is -3.09. The lowest BCUT2D eigenvalue weighted by atomic mass is 9.96. The minimum absolute atomic E-state index is 0.0547. The molecule has 5 nitrogen and oxygen atoms in total. The van der Waals surface area contributed by atoms with E-state index in [1.807, 2.05) is 0 Å². The maximum atomic E-state index is 12.5. The molecule has 0 radical (unpaired) electrons. The van der Waals surface area contributed by atoms with Crippen LogP contribution in [0.4, 0.5) is 18.0 Å². The van der Waals surface area contributed by atoms with Crippen LogP contribution in [-0.4, -0.2) is 31.6 Å². The third kappa shape index (κ3) is 6.67. The quantitative estimate of drug-likeness (QED) is 0.739. The van der Waals surface area contributed by atoms with Crippen molar-refractivity contribution >= 4 is 11.9 Å². The molecule has 144 valence electrons. The van der Waals surface area contributed by atoms with Crippen LogP contribution in [0.25, 0.3) is 0 Å². The molecule has 0 aliphatic heterocycles. The number of urea groups is 1. The van der Waals surface area contributed by atoms with Crippen molar-refractivity contribution in [1.82, 2.24) is 10.6 Å². The number of rotatable bonds is 5. The number of imide groups is 1. The molecule has 26 heavy (non-hydrogen) atoms. The summed E-state index contributed by atoms with van der Waals surface area (Å²) in [6.45, 7) is 0.439. The number of likely N-dealkylation sites (N-methyl/N-ethyl adjacent to an activating group) is 1. The van der Waals surface area contributed by atoms with Gasteiger partial charge in [0.15, 0.2) is 6.54 Å². The molecule has 2 rings (SSSR count). The number of alkyl halides is 3. The Kier molecular flexibility index (Phi) is 7.02.